The molecule has 0 heterocycles. The highest BCUT2D eigenvalue weighted by atomic mass is 14.7. The van der Waals surface area contributed by atoms with E-state index in [1.54, 1.807) is 6.92 Å². The van der Waals surface area contributed by atoms with E-state index < -0.39 is 0 Å². The normalized spacial score (nSPS) is 8.09. The van der Waals surface area contributed by atoms with Crippen molar-refractivity contribution in [3.63, 3.8) is 0 Å². The lowest BCUT2D eigenvalue weighted by Gasteiger charge is -1.85. The van der Waals surface area contributed by atoms with Gasteiger partial charge in [-0.2, -0.15) is 0 Å². The lowest BCUT2D eigenvalue weighted by Crippen LogP contribution is -1.73. The van der Waals surface area contributed by atoms with E-state index in [4.69, 9.17) is 6.58 Å². The molecule has 1 heteroatoms. The zero-order valence-electron chi connectivity index (χ0n) is 6.41. The minimum atomic E-state index is 0.508. The van der Waals surface area contributed by atoms with E-state index in [9.17, 15) is 0 Å². The second kappa shape index (κ2) is 3.58. The fourth-order valence-electron chi connectivity index (χ4n) is 0.794. The molecule has 0 unspecified atom stereocenters. The van der Waals surface area contributed by atoms with Crippen molar-refractivity contribution in [3.8, 4) is 6.07 Å². The van der Waals surface area contributed by atoms with Crippen molar-refractivity contribution in [1.29, 1.82) is 0 Å². The number of nitrogens with zero attached hydrogens (tertiary/aromatic N) is 1. The Morgan fingerprint density at radius 3 is 2.55 bits per heavy atom. The smallest absolute Gasteiger partial charge is 0.0622 e. The summed E-state index contributed by atoms with van der Waals surface area (Å²) < 4.78 is 0. The molecule has 11 heavy (non-hydrogen) atoms. The van der Waals surface area contributed by atoms with Crippen molar-refractivity contribution in [1.82, 2.24) is 0 Å². The van der Waals surface area contributed by atoms with Gasteiger partial charge in [-0.25, -0.2) is 0 Å². The molecule has 1 radical (unpaired) electrons. The second-order valence-corrected chi connectivity index (χ2v) is 2.09. The highest BCUT2D eigenvalue weighted by Gasteiger charge is 2.04. The van der Waals surface area contributed by atoms with Gasteiger partial charge in [-0.15, -0.1) is 0 Å². The summed E-state index contributed by atoms with van der Waals surface area (Å²) in [5.41, 5.74) is 1.44. The highest BCUT2D eigenvalue weighted by Crippen LogP contribution is 2.11. The summed E-state index contributed by atoms with van der Waals surface area (Å²) in [6.07, 6.45) is 0. The molecule has 0 aromatic heterocycles. The molecule has 0 aliphatic heterocycles. The molecule has 0 spiro atoms. The Kier molecular flexibility index (Phi) is 2.46. The van der Waals surface area contributed by atoms with Crippen LogP contribution < -0.4 is 0 Å². The van der Waals surface area contributed by atoms with Gasteiger partial charge in [-0.3, -0.25) is 0 Å². The van der Waals surface area contributed by atoms with Crippen LogP contribution in [0.1, 0.15) is 12.5 Å². The largest absolute Gasteiger partial charge is 0.347 e. The first kappa shape index (κ1) is 7.56. The van der Waals surface area contributed by atoms with Crippen LogP contribution in [0.5, 0.6) is 0 Å². The van der Waals surface area contributed by atoms with Crippen LogP contribution in [0.2, 0.25) is 0 Å². The second-order valence-electron chi connectivity index (χ2n) is 2.09. The van der Waals surface area contributed by atoms with Gasteiger partial charge in [0.15, 0.2) is 0 Å². The molecular formula is C10H9N+. The lowest BCUT2D eigenvalue weighted by molar-refractivity contribution is 1.62. The van der Waals surface area contributed by atoms with Crippen LogP contribution >= 0.6 is 0 Å². The van der Waals surface area contributed by atoms with E-state index in [-0.39, 0.29) is 0 Å². The molecule has 1 aromatic carbocycles. The van der Waals surface area contributed by atoms with Crippen molar-refractivity contribution in [2.24, 2.45) is 0 Å². The first-order chi connectivity index (χ1) is 5.34. The van der Waals surface area contributed by atoms with E-state index >= 15 is 0 Å². The van der Waals surface area contributed by atoms with Gasteiger partial charge in [-0.1, -0.05) is 18.2 Å². The Morgan fingerprint density at radius 1 is 1.36 bits per heavy atom. The molecule has 0 aliphatic rings. The van der Waals surface area contributed by atoms with E-state index in [1.807, 2.05) is 30.3 Å². The van der Waals surface area contributed by atoms with E-state index in [0.717, 1.165) is 5.56 Å². The third-order valence-electron chi connectivity index (χ3n) is 1.30. The molecule has 0 aliphatic carbocycles. The summed E-state index contributed by atoms with van der Waals surface area (Å²) >= 11 is 0. The zero-order valence-corrected chi connectivity index (χ0v) is 6.41. The van der Waals surface area contributed by atoms with E-state index in [1.165, 1.54) is 0 Å². The minimum Gasteiger partial charge on any atom is -0.0622 e. The van der Waals surface area contributed by atoms with Crippen molar-refractivity contribution in [2.75, 3.05) is 0 Å². The number of hydrogen-bond acceptors (Lipinski definition) is 0. The average Bonchev–Trinajstić information content (AvgIpc) is 2.07. The van der Waals surface area contributed by atoms with Crippen LogP contribution in [0.4, 0.5) is 0 Å². The fourth-order valence-corrected chi connectivity index (χ4v) is 0.794. The van der Waals surface area contributed by atoms with E-state index in [0.29, 0.717) is 5.70 Å². The third-order valence-corrected chi connectivity index (χ3v) is 1.30. The van der Waals surface area contributed by atoms with Gasteiger partial charge < -0.3 is 0 Å². The molecule has 0 saturated carbocycles. The highest BCUT2D eigenvalue weighted by molar-refractivity contribution is 5.67. The molecule has 0 saturated heterocycles. The van der Waals surface area contributed by atoms with Crippen LogP contribution in [-0.2, 0) is 0 Å². The SMILES string of the molecule is [CH]=C([N+]#CC)c1ccccc1. The van der Waals surface area contributed by atoms with Gasteiger partial charge in [0.2, 0.25) is 0 Å². The predicted octanol–water partition coefficient (Wildman–Crippen LogP) is 2.81. The standard InChI is InChI=1S/C10H9N/c1-3-11-9(2)10-7-5-4-6-8-10/h2,4-8H,1H3/q+1. The lowest BCUT2D eigenvalue weighted by atomic mass is 10.2. The summed E-state index contributed by atoms with van der Waals surface area (Å²) in [6, 6.07) is 12.2. The Balaban J connectivity index is 2.92. The van der Waals surface area contributed by atoms with Crippen LogP contribution in [0.15, 0.2) is 30.3 Å². The Bertz CT molecular complexity index is 301. The van der Waals surface area contributed by atoms with Gasteiger partial charge in [0.25, 0.3) is 6.07 Å². The van der Waals surface area contributed by atoms with E-state index in [2.05, 4.69) is 10.9 Å². The first-order valence-corrected chi connectivity index (χ1v) is 3.40. The maximum Gasteiger partial charge on any atom is 0.347 e. The number of rotatable bonds is 1. The summed E-state index contributed by atoms with van der Waals surface area (Å²) in [5, 5.41) is 0. The third kappa shape index (κ3) is 1.94. The monoisotopic (exact) mass is 143 g/mol. The van der Waals surface area contributed by atoms with Crippen LogP contribution in [-0.4, -0.2) is 0 Å². The van der Waals surface area contributed by atoms with Gasteiger partial charge in [0, 0.05) is 6.58 Å². The Hall–Kier alpha value is -1.55. The molecular weight excluding hydrogens is 134 g/mol. The molecule has 0 amide bonds. The molecule has 1 aromatic rings. The minimum absolute atomic E-state index is 0.508. The molecule has 0 N–H and O–H groups in total. The van der Waals surface area contributed by atoms with Crippen molar-refractivity contribution < 1.29 is 0 Å². The van der Waals surface area contributed by atoms with Gasteiger partial charge >= 0.3 is 5.70 Å². The van der Waals surface area contributed by atoms with Gasteiger partial charge in [-0.05, 0) is 17.0 Å². The zero-order chi connectivity index (χ0) is 8.10. The van der Waals surface area contributed by atoms with Gasteiger partial charge in [0.05, 0.1) is 12.5 Å². The number of benzene rings is 1. The van der Waals surface area contributed by atoms with Gasteiger partial charge in [0.1, 0.15) is 0 Å². The molecule has 0 atom stereocenters. The topological polar surface area (TPSA) is 4.36 Å². The average molecular weight is 143 g/mol. The van der Waals surface area contributed by atoms with Crippen molar-refractivity contribution in [3.05, 3.63) is 47.3 Å². The predicted molar refractivity (Wildman–Crippen MR) is 47.1 cm³/mol. The molecule has 0 fully saturated rings. The molecule has 1 nitrogen and oxygen atoms in total. The Morgan fingerprint density at radius 2 is 2.00 bits per heavy atom. The van der Waals surface area contributed by atoms with Crippen LogP contribution in [0.3, 0.4) is 0 Å². The summed E-state index contributed by atoms with van der Waals surface area (Å²) in [6.45, 7) is 7.31. The maximum atomic E-state index is 5.59. The molecule has 0 bridgehead atoms. The molecule has 1 rings (SSSR count). The fraction of sp³-hybridized carbons (Fsp3) is 0.100. The first-order valence-electron chi connectivity index (χ1n) is 3.40. The van der Waals surface area contributed by atoms with Crippen molar-refractivity contribution in [2.45, 2.75) is 6.92 Å². The molecule has 53 valence electrons. The van der Waals surface area contributed by atoms with Crippen LogP contribution in [0.25, 0.3) is 10.5 Å². The summed E-state index contributed by atoms with van der Waals surface area (Å²) in [5.74, 6) is 0. The number of hydrogen-bond donors (Lipinski definition) is 0. The van der Waals surface area contributed by atoms with Crippen LogP contribution in [0, 0.1) is 12.6 Å². The maximum absolute atomic E-state index is 5.59. The van der Waals surface area contributed by atoms with Crippen molar-refractivity contribution >= 4 is 5.70 Å². The summed E-state index contributed by atoms with van der Waals surface area (Å²) in [7, 11) is 0. The Labute approximate surface area is 66.8 Å². The quantitative estimate of drug-likeness (QED) is 0.569. The summed E-state index contributed by atoms with van der Waals surface area (Å²) in [4.78, 5) is 3.84.